The van der Waals surface area contributed by atoms with Crippen LogP contribution in [0.25, 0.3) is 0 Å². The molecule has 2 N–H and O–H groups in total. The molecule has 1 amide bonds. The van der Waals surface area contributed by atoms with Crippen molar-refractivity contribution in [1.82, 2.24) is 14.9 Å². The number of hydrogen-bond donors (Lipinski definition) is 2. The molecule has 0 spiro atoms. The summed E-state index contributed by atoms with van der Waals surface area (Å²) in [5.41, 5.74) is 2.53. The Kier molecular flexibility index (Phi) is 7.85. The zero-order chi connectivity index (χ0) is 22.3. The number of carbonyl (C=O) groups excluding carboxylic acids is 1. The van der Waals surface area contributed by atoms with Crippen LogP contribution in [0, 0.1) is 18.3 Å². The maximum atomic E-state index is 12.5. The Balaban J connectivity index is 1.55. The minimum atomic E-state index is -3.74. The zero-order valence-electron chi connectivity index (χ0n) is 17.8. The molecular formula is C24H29N3O3S. The second-order valence-electron chi connectivity index (χ2n) is 8.01. The molecule has 1 saturated heterocycles. The van der Waals surface area contributed by atoms with Gasteiger partial charge >= 0.3 is 0 Å². The number of nitrogens with one attached hydrogen (secondary N) is 2. The van der Waals surface area contributed by atoms with Crippen LogP contribution < -0.4 is 10.0 Å². The van der Waals surface area contributed by atoms with E-state index < -0.39 is 10.0 Å². The molecule has 7 heteroatoms. The molecule has 31 heavy (non-hydrogen) atoms. The number of rotatable bonds is 8. The van der Waals surface area contributed by atoms with Crippen molar-refractivity contribution in [2.24, 2.45) is 5.92 Å². The lowest BCUT2D eigenvalue weighted by Gasteiger charge is -2.30. The first-order valence-electron chi connectivity index (χ1n) is 10.5. The molecule has 3 rings (SSSR count). The molecule has 0 radical (unpaired) electrons. The lowest BCUT2D eigenvalue weighted by Crippen LogP contribution is -2.32. The quantitative estimate of drug-likeness (QED) is 0.620. The summed E-state index contributed by atoms with van der Waals surface area (Å²) in [6, 6.07) is 14.1. The van der Waals surface area contributed by atoms with Gasteiger partial charge < -0.3 is 5.32 Å². The minimum Gasteiger partial charge on any atom is -0.348 e. The topological polar surface area (TPSA) is 78.5 Å². The van der Waals surface area contributed by atoms with Gasteiger partial charge in [-0.15, -0.1) is 6.42 Å². The van der Waals surface area contributed by atoms with Gasteiger partial charge in [0.1, 0.15) is 0 Å². The predicted molar refractivity (Wildman–Crippen MR) is 122 cm³/mol. The Bertz CT molecular complexity index is 1030. The maximum Gasteiger partial charge on any atom is 0.251 e. The summed E-state index contributed by atoms with van der Waals surface area (Å²) in [5, 5.41) is 2.85. The van der Waals surface area contributed by atoms with Gasteiger partial charge in [-0.05, 0) is 61.2 Å². The van der Waals surface area contributed by atoms with E-state index in [2.05, 4.69) is 39.9 Å². The summed E-state index contributed by atoms with van der Waals surface area (Å²) < 4.78 is 26.7. The number of amides is 1. The Morgan fingerprint density at radius 3 is 2.48 bits per heavy atom. The number of terminal acetylenes is 1. The number of sulfonamides is 1. The normalized spacial score (nSPS) is 15.4. The third kappa shape index (κ3) is 6.66. The van der Waals surface area contributed by atoms with E-state index in [0.717, 1.165) is 31.1 Å². The van der Waals surface area contributed by atoms with E-state index in [1.165, 1.54) is 36.6 Å². The molecule has 0 unspecified atom stereocenters. The molecule has 0 bridgehead atoms. The van der Waals surface area contributed by atoms with Gasteiger partial charge in [-0.25, -0.2) is 8.42 Å². The molecular weight excluding hydrogens is 410 g/mol. The first-order chi connectivity index (χ1) is 14.9. The fraction of sp³-hybridized carbons (Fsp3) is 0.375. The number of piperidine rings is 1. The number of hydrogen-bond acceptors (Lipinski definition) is 4. The zero-order valence-corrected chi connectivity index (χ0v) is 18.6. The van der Waals surface area contributed by atoms with Crippen molar-refractivity contribution < 1.29 is 13.2 Å². The highest BCUT2D eigenvalue weighted by atomic mass is 32.2. The van der Waals surface area contributed by atoms with E-state index in [9.17, 15) is 13.2 Å². The van der Waals surface area contributed by atoms with E-state index in [1.807, 2.05) is 12.1 Å². The summed E-state index contributed by atoms with van der Waals surface area (Å²) in [5.74, 6) is 2.71. The summed E-state index contributed by atoms with van der Waals surface area (Å²) in [6.45, 7) is 5.82. The number of nitrogens with zero attached hydrogens (tertiary/aromatic N) is 1. The van der Waals surface area contributed by atoms with Gasteiger partial charge in [0, 0.05) is 18.7 Å². The average molecular weight is 440 g/mol. The Morgan fingerprint density at radius 1 is 1.13 bits per heavy atom. The molecule has 1 aliphatic rings. The van der Waals surface area contributed by atoms with E-state index >= 15 is 0 Å². The highest BCUT2D eigenvalue weighted by Crippen LogP contribution is 2.18. The van der Waals surface area contributed by atoms with Gasteiger partial charge in [-0.1, -0.05) is 43.2 Å². The molecule has 164 valence electrons. The van der Waals surface area contributed by atoms with Crippen molar-refractivity contribution in [3.63, 3.8) is 0 Å². The second kappa shape index (κ2) is 10.6. The highest BCUT2D eigenvalue weighted by molar-refractivity contribution is 7.89. The van der Waals surface area contributed by atoms with E-state index in [4.69, 9.17) is 6.42 Å². The van der Waals surface area contributed by atoms with Gasteiger partial charge in [-0.3, -0.25) is 9.69 Å². The van der Waals surface area contributed by atoms with Crippen LogP contribution in [0.1, 0.15) is 41.3 Å². The summed E-state index contributed by atoms with van der Waals surface area (Å²) >= 11 is 0. The fourth-order valence-electron chi connectivity index (χ4n) is 3.55. The molecule has 1 fully saturated rings. The first kappa shape index (κ1) is 23.0. The SMILES string of the molecule is C#CCNS(=O)(=O)c1cccc(C(=O)NCc2ccc(CN3CCC(C)CC3)cc2)c1. The van der Waals surface area contributed by atoms with E-state index in [0.29, 0.717) is 6.54 Å². The third-order valence-corrected chi connectivity index (χ3v) is 6.93. The Morgan fingerprint density at radius 2 is 1.81 bits per heavy atom. The number of likely N-dealkylation sites (tertiary alicyclic amines) is 1. The van der Waals surface area contributed by atoms with Gasteiger partial charge in [0.2, 0.25) is 10.0 Å². The van der Waals surface area contributed by atoms with Crippen LogP contribution in [0.2, 0.25) is 0 Å². The third-order valence-electron chi connectivity index (χ3n) is 5.53. The van der Waals surface area contributed by atoms with Crippen molar-refractivity contribution in [3.8, 4) is 12.3 Å². The van der Waals surface area contributed by atoms with Crippen LogP contribution in [-0.4, -0.2) is 38.9 Å². The molecule has 1 aliphatic heterocycles. The lowest BCUT2D eigenvalue weighted by molar-refractivity contribution is 0.0950. The standard InChI is InChI=1S/C24H29N3O3S/c1-3-13-26-31(29,30)23-6-4-5-22(16-23)24(28)25-17-20-7-9-21(10-8-20)18-27-14-11-19(2)12-15-27/h1,4-10,16,19,26H,11-15,17-18H2,2H3,(H,25,28). The largest absolute Gasteiger partial charge is 0.348 e. The monoisotopic (exact) mass is 439 g/mol. The summed E-state index contributed by atoms with van der Waals surface area (Å²) in [6.07, 6.45) is 7.62. The number of carbonyl (C=O) groups is 1. The van der Waals surface area contributed by atoms with Gasteiger partial charge in [0.15, 0.2) is 0 Å². The lowest BCUT2D eigenvalue weighted by atomic mass is 9.99. The molecule has 6 nitrogen and oxygen atoms in total. The Hall–Kier alpha value is -2.66. The average Bonchev–Trinajstić information content (AvgIpc) is 2.78. The van der Waals surface area contributed by atoms with E-state index in [-0.39, 0.29) is 22.9 Å². The first-order valence-corrected chi connectivity index (χ1v) is 12.0. The summed E-state index contributed by atoms with van der Waals surface area (Å²) in [4.78, 5) is 15.0. The van der Waals surface area contributed by atoms with Crippen LogP contribution >= 0.6 is 0 Å². The molecule has 0 saturated carbocycles. The molecule has 0 atom stereocenters. The minimum absolute atomic E-state index is 0.00635. The maximum absolute atomic E-state index is 12.5. The van der Waals surface area contributed by atoms with Crippen LogP contribution in [0.4, 0.5) is 0 Å². The van der Waals surface area contributed by atoms with Crippen molar-refractivity contribution in [3.05, 3.63) is 65.2 Å². The van der Waals surface area contributed by atoms with Crippen molar-refractivity contribution >= 4 is 15.9 Å². The van der Waals surface area contributed by atoms with Crippen LogP contribution in [-0.2, 0) is 23.1 Å². The molecule has 2 aromatic carbocycles. The van der Waals surface area contributed by atoms with Gasteiger partial charge in [0.05, 0.1) is 11.4 Å². The molecule has 0 aromatic heterocycles. The Labute approximate surface area is 185 Å². The van der Waals surface area contributed by atoms with Crippen LogP contribution in [0.15, 0.2) is 53.4 Å². The van der Waals surface area contributed by atoms with Gasteiger partial charge in [0.25, 0.3) is 5.91 Å². The van der Waals surface area contributed by atoms with Crippen LogP contribution in [0.5, 0.6) is 0 Å². The smallest absolute Gasteiger partial charge is 0.251 e. The van der Waals surface area contributed by atoms with Crippen LogP contribution in [0.3, 0.4) is 0 Å². The van der Waals surface area contributed by atoms with Crippen molar-refractivity contribution in [2.45, 2.75) is 37.8 Å². The molecule has 1 heterocycles. The highest BCUT2D eigenvalue weighted by Gasteiger charge is 2.16. The van der Waals surface area contributed by atoms with Crippen molar-refractivity contribution in [1.29, 1.82) is 0 Å². The van der Waals surface area contributed by atoms with E-state index in [1.54, 1.807) is 6.07 Å². The fourth-order valence-corrected chi connectivity index (χ4v) is 4.53. The predicted octanol–water partition coefficient (Wildman–Crippen LogP) is 2.76. The molecule has 0 aliphatic carbocycles. The summed E-state index contributed by atoms with van der Waals surface area (Å²) in [7, 11) is -3.74. The van der Waals surface area contributed by atoms with Crippen molar-refractivity contribution in [2.75, 3.05) is 19.6 Å². The molecule has 2 aromatic rings. The van der Waals surface area contributed by atoms with Gasteiger partial charge in [-0.2, -0.15) is 4.72 Å². The second-order valence-corrected chi connectivity index (χ2v) is 9.78. The number of benzene rings is 2.